The summed E-state index contributed by atoms with van der Waals surface area (Å²) in [6.45, 7) is 2.29. The van der Waals surface area contributed by atoms with Gasteiger partial charge in [-0.2, -0.15) is 0 Å². The quantitative estimate of drug-likeness (QED) is 0.358. The van der Waals surface area contributed by atoms with Crippen LogP contribution >= 0.6 is 0 Å². The van der Waals surface area contributed by atoms with Crippen molar-refractivity contribution in [3.05, 3.63) is 29.3 Å². The number of hydrogen-bond donors (Lipinski definition) is 2. The minimum atomic E-state index is 0.0160. The Balaban J connectivity index is 1.94. The first-order chi connectivity index (χ1) is 11.8. The van der Waals surface area contributed by atoms with Crippen LogP contribution in [0.5, 0.6) is 5.75 Å². The van der Waals surface area contributed by atoms with Crippen LogP contribution in [0.15, 0.2) is 18.2 Å². The molecular weight excluding hydrogens is 296 g/mol. The van der Waals surface area contributed by atoms with E-state index in [4.69, 9.17) is 0 Å². The van der Waals surface area contributed by atoms with Gasteiger partial charge in [0, 0.05) is 0 Å². The molecule has 138 valence electrons. The summed E-state index contributed by atoms with van der Waals surface area (Å²) in [6, 6.07) is 5.42. The summed E-state index contributed by atoms with van der Waals surface area (Å²) in [5.74, 6) is 0.334. The number of aliphatic hydroxyl groups is 1. The van der Waals surface area contributed by atoms with E-state index in [1.807, 2.05) is 6.07 Å². The molecule has 0 bridgehead atoms. The van der Waals surface area contributed by atoms with Gasteiger partial charge in [-0.1, -0.05) is 96.1 Å². The van der Waals surface area contributed by atoms with Gasteiger partial charge in [0.25, 0.3) is 0 Å². The Labute approximate surface area is 149 Å². The van der Waals surface area contributed by atoms with E-state index >= 15 is 0 Å². The molecule has 0 aliphatic heterocycles. The van der Waals surface area contributed by atoms with Crippen molar-refractivity contribution in [2.24, 2.45) is 0 Å². The van der Waals surface area contributed by atoms with Crippen LogP contribution < -0.4 is 0 Å². The molecule has 0 aliphatic carbocycles. The van der Waals surface area contributed by atoms with Crippen molar-refractivity contribution < 1.29 is 10.2 Å². The number of phenols is 1. The third-order valence-electron chi connectivity index (χ3n) is 4.95. The van der Waals surface area contributed by atoms with Gasteiger partial charge in [-0.3, -0.25) is 0 Å². The van der Waals surface area contributed by atoms with Crippen LogP contribution in [-0.4, -0.2) is 10.2 Å². The minimum Gasteiger partial charge on any atom is -0.508 e. The molecule has 1 aromatic rings. The molecule has 0 aromatic heterocycles. The SMILES string of the molecule is CCCCCCCCCCCCCCCc1c(O)cccc1CO. The molecule has 0 amide bonds. The summed E-state index contributed by atoms with van der Waals surface area (Å²) >= 11 is 0. The predicted molar refractivity (Wildman–Crippen MR) is 103 cm³/mol. The molecule has 1 aromatic carbocycles. The molecular formula is C22H38O2. The molecule has 0 heterocycles. The van der Waals surface area contributed by atoms with Crippen LogP contribution in [0.25, 0.3) is 0 Å². The maximum Gasteiger partial charge on any atom is 0.119 e. The Morgan fingerprint density at radius 3 is 1.71 bits per heavy atom. The highest BCUT2D eigenvalue weighted by molar-refractivity contribution is 5.38. The van der Waals surface area contributed by atoms with E-state index in [9.17, 15) is 10.2 Å². The number of aromatic hydroxyl groups is 1. The Bertz CT molecular complexity index is 414. The van der Waals surface area contributed by atoms with Gasteiger partial charge in [0.05, 0.1) is 6.61 Å². The molecule has 0 atom stereocenters. The average Bonchev–Trinajstić information content (AvgIpc) is 2.60. The molecule has 0 unspecified atom stereocenters. The van der Waals surface area contributed by atoms with Gasteiger partial charge in [0.2, 0.25) is 0 Å². The molecule has 0 saturated carbocycles. The Hall–Kier alpha value is -1.02. The van der Waals surface area contributed by atoms with Crippen LogP contribution in [0.4, 0.5) is 0 Å². The van der Waals surface area contributed by atoms with Gasteiger partial charge in [0.1, 0.15) is 5.75 Å². The molecule has 2 nitrogen and oxygen atoms in total. The first-order valence-electron chi connectivity index (χ1n) is 10.2. The largest absolute Gasteiger partial charge is 0.508 e. The number of aliphatic hydroxyl groups excluding tert-OH is 1. The van der Waals surface area contributed by atoms with Gasteiger partial charge in [0.15, 0.2) is 0 Å². The standard InChI is InChI=1S/C22H38O2/c1-2-3-4-5-6-7-8-9-10-11-12-13-14-17-21-20(19-23)16-15-18-22(21)24/h15-16,18,23-24H,2-14,17,19H2,1H3. The monoisotopic (exact) mass is 334 g/mol. The topological polar surface area (TPSA) is 40.5 Å². The minimum absolute atomic E-state index is 0.0160. The maximum absolute atomic E-state index is 9.90. The van der Waals surface area contributed by atoms with Crippen LogP contribution in [-0.2, 0) is 13.0 Å². The molecule has 0 fully saturated rings. The molecule has 24 heavy (non-hydrogen) atoms. The van der Waals surface area contributed by atoms with Crippen molar-refractivity contribution in [2.45, 2.75) is 103 Å². The number of benzene rings is 1. The zero-order chi connectivity index (χ0) is 17.5. The Morgan fingerprint density at radius 2 is 1.21 bits per heavy atom. The third-order valence-corrected chi connectivity index (χ3v) is 4.95. The van der Waals surface area contributed by atoms with Crippen molar-refractivity contribution >= 4 is 0 Å². The van der Waals surface area contributed by atoms with Gasteiger partial charge in [-0.05, 0) is 30.0 Å². The van der Waals surface area contributed by atoms with Crippen molar-refractivity contribution in [1.82, 2.24) is 0 Å². The summed E-state index contributed by atoms with van der Waals surface area (Å²) in [6.07, 6.45) is 18.4. The first kappa shape index (κ1) is 21.0. The fourth-order valence-corrected chi connectivity index (χ4v) is 3.38. The number of unbranched alkanes of at least 4 members (excludes halogenated alkanes) is 12. The number of phenolic OH excluding ortho intramolecular Hbond substituents is 1. The third kappa shape index (κ3) is 9.32. The molecule has 0 saturated heterocycles. The van der Waals surface area contributed by atoms with Crippen LogP contribution in [0, 0.1) is 0 Å². The van der Waals surface area contributed by atoms with E-state index in [2.05, 4.69) is 6.92 Å². The molecule has 2 N–H and O–H groups in total. The predicted octanol–water partition coefficient (Wildman–Crippen LogP) is 6.52. The van der Waals surface area contributed by atoms with Crippen LogP contribution in [0.3, 0.4) is 0 Å². The highest BCUT2D eigenvalue weighted by atomic mass is 16.3. The maximum atomic E-state index is 9.90. The van der Waals surface area contributed by atoms with E-state index in [1.54, 1.807) is 12.1 Å². The van der Waals surface area contributed by atoms with E-state index in [0.717, 1.165) is 24.0 Å². The van der Waals surface area contributed by atoms with Gasteiger partial charge in [-0.25, -0.2) is 0 Å². The summed E-state index contributed by atoms with van der Waals surface area (Å²) in [4.78, 5) is 0. The first-order valence-corrected chi connectivity index (χ1v) is 10.2. The smallest absolute Gasteiger partial charge is 0.119 e. The van der Waals surface area contributed by atoms with Gasteiger partial charge in [-0.15, -0.1) is 0 Å². The fourth-order valence-electron chi connectivity index (χ4n) is 3.38. The molecule has 0 radical (unpaired) electrons. The Kier molecular flexibility index (Phi) is 12.6. The van der Waals surface area contributed by atoms with E-state index in [0.29, 0.717) is 5.75 Å². The van der Waals surface area contributed by atoms with Crippen molar-refractivity contribution in [2.75, 3.05) is 0 Å². The molecule has 0 aliphatic rings. The van der Waals surface area contributed by atoms with E-state index < -0.39 is 0 Å². The lowest BCUT2D eigenvalue weighted by Gasteiger charge is -2.09. The summed E-state index contributed by atoms with van der Waals surface area (Å²) < 4.78 is 0. The Morgan fingerprint density at radius 1 is 0.708 bits per heavy atom. The van der Waals surface area contributed by atoms with Crippen LogP contribution in [0.1, 0.15) is 102 Å². The lowest BCUT2D eigenvalue weighted by molar-refractivity contribution is 0.279. The van der Waals surface area contributed by atoms with E-state index in [-0.39, 0.29) is 6.61 Å². The second-order valence-corrected chi connectivity index (χ2v) is 7.07. The highest BCUT2D eigenvalue weighted by Crippen LogP contribution is 2.23. The lowest BCUT2D eigenvalue weighted by Crippen LogP contribution is -1.95. The molecule has 2 heteroatoms. The second-order valence-electron chi connectivity index (χ2n) is 7.07. The lowest BCUT2D eigenvalue weighted by atomic mass is 9.99. The highest BCUT2D eigenvalue weighted by Gasteiger charge is 2.06. The fraction of sp³-hybridized carbons (Fsp3) is 0.727. The average molecular weight is 335 g/mol. The van der Waals surface area contributed by atoms with Gasteiger partial charge >= 0.3 is 0 Å². The van der Waals surface area contributed by atoms with E-state index in [1.165, 1.54) is 77.0 Å². The summed E-state index contributed by atoms with van der Waals surface area (Å²) in [7, 11) is 0. The van der Waals surface area contributed by atoms with Crippen molar-refractivity contribution in [3.8, 4) is 5.75 Å². The number of rotatable bonds is 15. The second kappa shape index (κ2) is 14.3. The normalized spacial score (nSPS) is 11.1. The van der Waals surface area contributed by atoms with Gasteiger partial charge < -0.3 is 10.2 Å². The molecule has 1 rings (SSSR count). The number of hydrogen-bond acceptors (Lipinski definition) is 2. The summed E-state index contributed by atoms with van der Waals surface area (Å²) in [5.41, 5.74) is 1.80. The summed E-state index contributed by atoms with van der Waals surface area (Å²) in [5, 5.41) is 19.2. The van der Waals surface area contributed by atoms with Crippen molar-refractivity contribution in [3.63, 3.8) is 0 Å². The zero-order valence-corrected chi connectivity index (χ0v) is 15.7. The van der Waals surface area contributed by atoms with Crippen LogP contribution in [0.2, 0.25) is 0 Å². The zero-order valence-electron chi connectivity index (χ0n) is 15.7. The molecule has 0 spiro atoms. The van der Waals surface area contributed by atoms with Crippen molar-refractivity contribution in [1.29, 1.82) is 0 Å².